The van der Waals surface area contributed by atoms with Crippen LogP contribution in [0.2, 0.25) is 5.02 Å². The molecule has 112 valence electrons. The summed E-state index contributed by atoms with van der Waals surface area (Å²) >= 11 is 5.96. The van der Waals surface area contributed by atoms with Crippen LogP contribution in [0, 0.1) is 12.8 Å². The Labute approximate surface area is 131 Å². The molecule has 0 radical (unpaired) electrons. The van der Waals surface area contributed by atoms with Gasteiger partial charge in [0, 0.05) is 23.5 Å². The van der Waals surface area contributed by atoms with Crippen molar-refractivity contribution in [3.63, 3.8) is 0 Å². The predicted octanol–water partition coefficient (Wildman–Crippen LogP) is 4.64. The Morgan fingerprint density at radius 2 is 2.05 bits per heavy atom. The molecule has 0 saturated heterocycles. The molecule has 1 heterocycles. The fraction of sp³-hybridized carbons (Fsp3) is 0.375. The Kier molecular flexibility index (Phi) is 5.39. The van der Waals surface area contributed by atoms with Crippen LogP contribution in [0.1, 0.15) is 25.8 Å². The molecule has 4 nitrogen and oxygen atoms in total. The summed E-state index contributed by atoms with van der Waals surface area (Å²) in [6, 6.07) is 7.57. The number of nitrogens with zero attached hydrogens (tertiary/aromatic N) is 2. The Morgan fingerprint density at radius 1 is 1.24 bits per heavy atom. The summed E-state index contributed by atoms with van der Waals surface area (Å²) in [6.07, 6.45) is 2.86. The molecule has 0 aliphatic carbocycles. The Morgan fingerprint density at radius 3 is 2.76 bits per heavy atom. The summed E-state index contributed by atoms with van der Waals surface area (Å²) in [5, 5.41) is 7.26. The topological polar surface area (TPSA) is 49.8 Å². The van der Waals surface area contributed by atoms with E-state index in [9.17, 15) is 0 Å². The Hall–Kier alpha value is -1.81. The molecule has 0 atom stereocenters. The first-order valence-corrected chi connectivity index (χ1v) is 7.52. The van der Waals surface area contributed by atoms with Crippen LogP contribution in [-0.2, 0) is 0 Å². The van der Waals surface area contributed by atoms with Crippen molar-refractivity contribution in [2.45, 2.75) is 27.2 Å². The van der Waals surface area contributed by atoms with Crippen LogP contribution >= 0.6 is 11.6 Å². The standard InChI is InChI=1S/C16H21ClN4/c1-11(2)6-8-18-15-7-9-19-16(21-15)20-14-5-4-13(17)10-12(14)3/h4-5,7,9-11H,6,8H2,1-3H3,(H2,18,19,20,21). The normalized spacial score (nSPS) is 10.7. The minimum Gasteiger partial charge on any atom is -0.370 e. The van der Waals surface area contributed by atoms with E-state index in [4.69, 9.17) is 11.6 Å². The summed E-state index contributed by atoms with van der Waals surface area (Å²) < 4.78 is 0. The third kappa shape index (κ3) is 4.90. The van der Waals surface area contributed by atoms with Crippen molar-refractivity contribution in [3.8, 4) is 0 Å². The van der Waals surface area contributed by atoms with E-state index in [-0.39, 0.29) is 0 Å². The van der Waals surface area contributed by atoms with Crippen LogP contribution in [-0.4, -0.2) is 16.5 Å². The first-order chi connectivity index (χ1) is 10.0. The van der Waals surface area contributed by atoms with Crippen LogP contribution in [0.3, 0.4) is 0 Å². The zero-order chi connectivity index (χ0) is 15.2. The van der Waals surface area contributed by atoms with Crippen molar-refractivity contribution in [1.29, 1.82) is 0 Å². The van der Waals surface area contributed by atoms with Gasteiger partial charge in [0.2, 0.25) is 5.95 Å². The summed E-state index contributed by atoms with van der Waals surface area (Å²) in [5.74, 6) is 2.09. The molecule has 0 saturated carbocycles. The van der Waals surface area contributed by atoms with Gasteiger partial charge >= 0.3 is 0 Å². The number of anilines is 3. The molecule has 2 aromatic rings. The number of rotatable bonds is 6. The molecule has 0 fully saturated rings. The molecule has 0 aliphatic rings. The fourth-order valence-electron chi connectivity index (χ4n) is 1.89. The van der Waals surface area contributed by atoms with Crippen molar-refractivity contribution < 1.29 is 0 Å². The van der Waals surface area contributed by atoms with Crippen LogP contribution in [0.5, 0.6) is 0 Å². The van der Waals surface area contributed by atoms with Crippen molar-refractivity contribution in [1.82, 2.24) is 9.97 Å². The molecule has 1 aromatic heterocycles. The third-order valence-corrected chi connectivity index (χ3v) is 3.35. The number of halogens is 1. The van der Waals surface area contributed by atoms with E-state index >= 15 is 0 Å². The van der Waals surface area contributed by atoms with Crippen LogP contribution in [0.4, 0.5) is 17.5 Å². The summed E-state index contributed by atoms with van der Waals surface area (Å²) in [6.45, 7) is 7.32. The molecule has 0 aliphatic heterocycles. The molecule has 0 unspecified atom stereocenters. The third-order valence-electron chi connectivity index (χ3n) is 3.12. The highest BCUT2D eigenvalue weighted by atomic mass is 35.5. The maximum atomic E-state index is 5.96. The van der Waals surface area contributed by atoms with Gasteiger partial charge in [-0.2, -0.15) is 4.98 Å². The second kappa shape index (κ2) is 7.27. The molecule has 1 aromatic carbocycles. The molecule has 0 amide bonds. The molecule has 2 rings (SSSR count). The van der Waals surface area contributed by atoms with E-state index in [1.165, 1.54) is 0 Å². The largest absolute Gasteiger partial charge is 0.370 e. The first kappa shape index (κ1) is 15.6. The van der Waals surface area contributed by atoms with Crippen LogP contribution < -0.4 is 10.6 Å². The number of aromatic nitrogens is 2. The lowest BCUT2D eigenvalue weighted by Crippen LogP contribution is -2.07. The monoisotopic (exact) mass is 304 g/mol. The average molecular weight is 305 g/mol. The molecule has 2 N–H and O–H groups in total. The highest BCUT2D eigenvalue weighted by Crippen LogP contribution is 2.22. The number of hydrogen-bond donors (Lipinski definition) is 2. The summed E-state index contributed by atoms with van der Waals surface area (Å²) in [4.78, 5) is 8.71. The van der Waals surface area contributed by atoms with E-state index in [2.05, 4.69) is 34.4 Å². The van der Waals surface area contributed by atoms with Gasteiger partial charge in [0.05, 0.1) is 0 Å². The number of aryl methyl sites for hydroxylation is 1. The van der Waals surface area contributed by atoms with Crippen molar-refractivity contribution in [2.75, 3.05) is 17.2 Å². The van der Waals surface area contributed by atoms with Gasteiger partial charge in [-0.25, -0.2) is 4.98 Å². The predicted molar refractivity (Wildman–Crippen MR) is 89.4 cm³/mol. The number of nitrogens with one attached hydrogen (secondary N) is 2. The average Bonchev–Trinajstić information content (AvgIpc) is 2.42. The lowest BCUT2D eigenvalue weighted by atomic mass is 10.1. The van der Waals surface area contributed by atoms with Gasteiger partial charge in [0.1, 0.15) is 5.82 Å². The SMILES string of the molecule is Cc1cc(Cl)ccc1Nc1nccc(NCCC(C)C)n1. The number of benzene rings is 1. The minimum absolute atomic E-state index is 0.579. The van der Waals surface area contributed by atoms with Gasteiger partial charge in [-0.3, -0.25) is 0 Å². The highest BCUT2D eigenvalue weighted by molar-refractivity contribution is 6.30. The van der Waals surface area contributed by atoms with Gasteiger partial charge in [0.15, 0.2) is 0 Å². The fourth-order valence-corrected chi connectivity index (χ4v) is 2.12. The van der Waals surface area contributed by atoms with E-state index in [0.717, 1.165) is 35.1 Å². The maximum Gasteiger partial charge on any atom is 0.229 e. The second-order valence-electron chi connectivity index (χ2n) is 5.46. The minimum atomic E-state index is 0.579. The Balaban J connectivity index is 2.03. The van der Waals surface area contributed by atoms with Gasteiger partial charge in [-0.15, -0.1) is 0 Å². The van der Waals surface area contributed by atoms with Gasteiger partial charge in [-0.05, 0) is 49.1 Å². The van der Waals surface area contributed by atoms with E-state index in [1.54, 1.807) is 6.20 Å². The molecular weight excluding hydrogens is 284 g/mol. The quantitative estimate of drug-likeness (QED) is 0.816. The molecule has 0 spiro atoms. The van der Waals surface area contributed by atoms with Gasteiger partial charge in [0.25, 0.3) is 0 Å². The van der Waals surface area contributed by atoms with Crippen LogP contribution in [0.15, 0.2) is 30.5 Å². The van der Waals surface area contributed by atoms with Gasteiger partial charge < -0.3 is 10.6 Å². The van der Waals surface area contributed by atoms with Crippen molar-refractivity contribution in [2.24, 2.45) is 5.92 Å². The first-order valence-electron chi connectivity index (χ1n) is 7.14. The van der Waals surface area contributed by atoms with E-state index in [1.807, 2.05) is 31.2 Å². The molecule has 21 heavy (non-hydrogen) atoms. The Bertz CT molecular complexity index is 599. The summed E-state index contributed by atoms with van der Waals surface area (Å²) in [7, 11) is 0. The summed E-state index contributed by atoms with van der Waals surface area (Å²) in [5.41, 5.74) is 2.02. The van der Waals surface area contributed by atoms with E-state index < -0.39 is 0 Å². The van der Waals surface area contributed by atoms with Crippen molar-refractivity contribution >= 4 is 29.1 Å². The maximum absolute atomic E-state index is 5.96. The smallest absolute Gasteiger partial charge is 0.229 e. The van der Waals surface area contributed by atoms with E-state index in [0.29, 0.717) is 11.9 Å². The van der Waals surface area contributed by atoms with Crippen LogP contribution in [0.25, 0.3) is 0 Å². The lowest BCUT2D eigenvalue weighted by Gasteiger charge is -2.11. The van der Waals surface area contributed by atoms with Gasteiger partial charge in [-0.1, -0.05) is 25.4 Å². The highest BCUT2D eigenvalue weighted by Gasteiger charge is 2.03. The molecule has 5 heteroatoms. The number of hydrogen-bond acceptors (Lipinski definition) is 4. The molecular formula is C16H21ClN4. The van der Waals surface area contributed by atoms with Crippen molar-refractivity contribution in [3.05, 3.63) is 41.0 Å². The zero-order valence-corrected chi connectivity index (χ0v) is 13.4. The molecule has 0 bridgehead atoms. The lowest BCUT2D eigenvalue weighted by molar-refractivity contribution is 0.606. The zero-order valence-electron chi connectivity index (χ0n) is 12.7. The second-order valence-corrected chi connectivity index (χ2v) is 5.90.